The van der Waals surface area contributed by atoms with E-state index in [1.165, 1.54) is 11.9 Å². The van der Waals surface area contributed by atoms with Crippen LogP contribution in [0.5, 0.6) is 0 Å². The van der Waals surface area contributed by atoms with E-state index in [1.54, 1.807) is 4.31 Å². The van der Waals surface area contributed by atoms with Gasteiger partial charge in [0.05, 0.1) is 5.69 Å². The van der Waals surface area contributed by atoms with Crippen molar-refractivity contribution in [3.63, 3.8) is 0 Å². The molecule has 0 N–H and O–H groups in total. The molecule has 0 fully saturated rings. The first kappa shape index (κ1) is 10.8. The highest BCUT2D eigenvalue weighted by atomic mass is 32.2. The van der Waals surface area contributed by atoms with E-state index in [1.807, 2.05) is 60.7 Å². The lowest BCUT2D eigenvalue weighted by Crippen LogP contribution is -2.10. The first-order chi connectivity index (χ1) is 7.90. The summed E-state index contributed by atoms with van der Waals surface area (Å²) in [6.45, 7) is 0. The monoisotopic (exact) mass is 229 g/mol. The van der Waals surface area contributed by atoms with E-state index in [0.717, 1.165) is 17.0 Å². The summed E-state index contributed by atoms with van der Waals surface area (Å²) in [5.74, 6) is 0. The molecule has 16 heavy (non-hydrogen) atoms. The van der Waals surface area contributed by atoms with Gasteiger partial charge in [0.2, 0.25) is 6.41 Å². The van der Waals surface area contributed by atoms with Crippen LogP contribution < -0.4 is 4.31 Å². The summed E-state index contributed by atoms with van der Waals surface area (Å²) < 4.78 is 1.61. The Kier molecular flexibility index (Phi) is 3.62. The normalized spacial score (nSPS) is 9.75. The van der Waals surface area contributed by atoms with Crippen molar-refractivity contribution in [2.45, 2.75) is 4.90 Å². The van der Waals surface area contributed by atoms with Gasteiger partial charge in [-0.3, -0.25) is 9.10 Å². The topological polar surface area (TPSA) is 20.3 Å². The van der Waals surface area contributed by atoms with Gasteiger partial charge in [0.25, 0.3) is 0 Å². The van der Waals surface area contributed by atoms with E-state index in [0.29, 0.717) is 0 Å². The highest BCUT2D eigenvalue weighted by Crippen LogP contribution is 2.26. The Morgan fingerprint density at radius 3 is 2.00 bits per heavy atom. The van der Waals surface area contributed by atoms with Gasteiger partial charge >= 0.3 is 0 Å². The molecule has 2 rings (SSSR count). The van der Waals surface area contributed by atoms with E-state index in [4.69, 9.17) is 0 Å². The fourth-order valence-corrected chi connectivity index (χ4v) is 2.08. The van der Waals surface area contributed by atoms with Gasteiger partial charge in [-0.25, -0.2) is 0 Å². The number of rotatable bonds is 4. The molecule has 0 saturated heterocycles. The van der Waals surface area contributed by atoms with Crippen LogP contribution in [-0.4, -0.2) is 6.41 Å². The molecule has 1 amide bonds. The number of nitrogens with zero attached hydrogens (tertiary/aromatic N) is 1. The third kappa shape index (κ3) is 2.64. The summed E-state index contributed by atoms with van der Waals surface area (Å²) in [5.41, 5.74) is 0.881. The number of hydrogen-bond donors (Lipinski definition) is 0. The molecule has 0 aromatic heterocycles. The molecule has 0 aliphatic carbocycles. The maximum absolute atomic E-state index is 11.0. The molecular weight excluding hydrogens is 218 g/mol. The van der Waals surface area contributed by atoms with E-state index in [-0.39, 0.29) is 0 Å². The van der Waals surface area contributed by atoms with Gasteiger partial charge in [-0.2, -0.15) is 0 Å². The maximum Gasteiger partial charge on any atom is 0.224 e. The molecule has 0 bridgehead atoms. The molecule has 2 nitrogen and oxygen atoms in total. The molecule has 0 aliphatic rings. The molecule has 2 aromatic rings. The molecule has 0 spiro atoms. The first-order valence-electron chi connectivity index (χ1n) is 4.93. The summed E-state index contributed by atoms with van der Waals surface area (Å²) in [6, 6.07) is 19.4. The number of carbonyl (C=O) groups is 1. The van der Waals surface area contributed by atoms with Crippen molar-refractivity contribution >= 4 is 24.0 Å². The van der Waals surface area contributed by atoms with Crippen molar-refractivity contribution in [1.29, 1.82) is 0 Å². The van der Waals surface area contributed by atoms with E-state index >= 15 is 0 Å². The third-order valence-corrected chi connectivity index (χ3v) is 3.03. The van der Waals surface area contributed by atoms with Crippen LogP contribution in [0, 0.1) is 0 Å². The number of hydrogen-bond acceptors (Lipinski definition) is 2. The van der Waals surface area contributed by atoms with Crippen LogP contribution in [0.15, 0.2) is 65.6 Å². The molecule has 0 aliphatic heterocycles. The quantitative estimate of drug-likeness (QED) is 0.592. The number of amides is 1. The summed E-state index contributed by atoms with van der Waals surface area (Å²) in [5, 5.41) is 0. The van der Waals surface area contributed by atoms with E-state index < -0.39 is 0 Å². The number of carbonyl (C=O) groups excluding carboxylic acids is 1. The third-order valence-electron chi connectivity index (χ3n) is 2.05. The molecular formula is C13H11NOS. The van der Waals surface area contributed by atoms with Crippen molar-refractivity contribution in [3.05, 3.63) is 60.7 Å². The smallest absolute Gasteiger partial charge is 0.224 e. The molecule has 3 heteroatoms. The molecule has 2 aromatic carbocycles. The minimum absolute atomic E-state index is 0.826. The average Bonchev–Trinajstić information content (AvgIpc) is 2.38. The zero-order valence-corrected chi connectivity index (χ0v) is 9.43. The Balaban J connectivity index is 2.16. The summed E-state index contributed by atoms with van der Waals surface area (Å²) in [7, 11) is 0. The second-order valence-corrected chi connectivity index (χ2v) is 4.22. The highest BCUT2D eigenvalue weighted by molar-refractivity contribution is 8.01. The van der Waals surface area contributed by atoms with Crippen LogP contribution in [0.3, 0.4) is 0 Å². The van der Waals surface area contributed by atoms with Crippen LogP contribution >= 0.6 is 11.9 Å². The van der Waals surface area contributed by atoms with E-state index in [9.17, 15) is 4.79 Å². The lowest BCUT2D eigenvalue weighted by Gasteiger charge is -2.15. The van der Waals surface area contributed by atoms with Crippen LogP contribution in [0.1, 0.15) is 0 Å². The van der Waals surface area contributed by atoms with Crippen molar-refractivity contribution in [1.82, 2.24) is 0 Å². The predicted octanol–water partition coefficient (Wildman–Crippen LogP) is 3.36. The summed E-state index contributed by atoms with van der Waals surface area (Å²) >= 11 is 1.41. The number of benzene rings is 2. The Bertz CT molecular complexity index is 444. The molecule has 0 saturated carbocycles. The van der Waals surface area contributed by atoms with Crippen molar-refractivity contribution in [2.75, 3.05) is 4.31 Å². The highest BCUT2D eigenvalue weighted by Gasteiger charge is 2.05. The summed E-state index contributed by atoms with van der Waals surface area (Å²) in [4.78, 5) is 12.1. The van der Waals surface area contributed by atoms with Crippen molar-refractivity contribution < 1.29 is 4.79 Å². The van der Waals surface area contributed by atoms with Crippen LogP contribution in [-0.2, 0) is 4.79 Å². The van der Waals surface area contributed by atoms with Crippen LogP contribution in [0.25, 0.3) is 0 Å². The van der Waals surface area contributed by atoms with Gasteiger partial charge in [-0.05, 0) is 36.2 Å². The minimum Gasteiger partial charge on any atom is -0.277 e. The fraction of sp³-hybridized carbons (Fsp3) is 0. The van der Waals surface area contributed by atoms with Crippen molar-refractivity contribution in [3.8, 4) is 0 Å². The van der Waals surface area contributed by atoms with Crippen LogP contribution in [0.4, 0.5) is 5.69 Å². The molecule has 0 heterocycles. The van der Waals surface area contributed by atoms with Gasteiger partial charge in [0.15, 0.2) is 0 Å². The largest absolute Gasteiger partial charge is 0.277 e. The molecule has 0 atom stereocenters. The standard InChI is InChI=1S/C13H11NOS/c15-11-14(12-7-3-1-4-8-12)16-13-9-5-2-6-10-13/h1-11H. The second kappa shape index (κ2) is 5.37. The zero-order chi connectivity index (χ0) is 11.2. The van der Waals surface area contributed by atoms with E-state index in [2.05, 4.69) is 0 Å². The first-order valence-corrected chi connectivity index (χ1v) is 5.70. The second-order valence-electron chi connectivity index (χ2n) is 3.17. The SMILES string of the molecule is O=CN(Sc1ccccc1)c1ccccc1. The Labute approximate surface area is 99.0 Å². The maximum atomic E-state index is 11.0. The lowest BCUT2D eigenvalue weighted by atomic mass is 10.3. The van der Waals surface area contributed by atoms with Crippen molar-refractivity contribution in [2.24, 2.45) is 0 Å². The zero-order valence-electron chi connectivity index (χ0n) is 8.61. The molecule has 80 valence electrons. The van der Waals surface area contributed by atoms with Crippen LogP contribution in [0.2, 0.25) is 0 Å². The Hall–Kier alpha value is -1.74. The average molecular weight is 229 g/mol. The van der Waals surface area contributed by atoms with Gasteiger partial charge in [0.1, 0.15) is 0 Å². The van der Waals surface area contributed by atoms with Gasteiger partial charge in [-0.1, -0.05) is 36.4 Å². The predicted molar refractivity (Wildman–Crippen MR) is 67.3 cm³/mol. The van der Waals surface area contributed by atoms with Gasteiger partial charge in [-0.15, -0.1) is 0 Å². The Morgan fingerprint density at radius 1 is 0.875 bits per heavy atom. The van der Waals surface area contributed by atoms with Gasteiger partial charge in [0, 0.05) is 4.90 Å². The number of para-hydroxylation sites is 1. The molecule has 0 radical (unpaired) electrons. The Morgan fingerprint density at radius 2 is 1.44 bits per heavy atom. The molecule has 0 unspecified atom stereocenters. The number of anilines is 1. The fourth-order valence-electron chi connectivity index (χ4n) is 1.30. The van der Waals surface area contributed by atoms with Gasteiger partial charge < -0.3 is 0 Å². The lowest BCUT2D eigenvalue weighted by molar-refractivity contribution is -0.106. The summed E-state index contributed by atoms with van der Waals surface area (Å²) in [6.07, 6.45) is 0.826. The minimum atomic E-state index is 0.826.